The Hall–Kier alpha value is -6.51. The number of ether oxygens (including phenoxy) is 4. The standard InChI is InChI=1S/C43H55N11O11/c1-4-53-37-31(26-48-29(13-14-43(2,3)60)35(37)50-39(53)36-38(44)52-65-51-36)64-19-7-16-45-15-6-10-32(55)47-18-21-62-23-25-63-24-22-61-20-17-46-28-9-5-8-27-34(28)42(59)54(41(27)58)30-11-12-33(56)49-40(30)57/h5,8-9,26,30,45-46,60H,4,6-7,10-12,15-25H2,1-3H3,(H2,44,52)(H,47,55)(H,49,56,57). The second-order valence-corrected chi connectivity index (χ2v) is 15.5. The van der Waals surface area contributed by atoms with Crippen molar-refractivity contribution in [2.45, 2.75) is 71.1 Å². The van der Waals surface area contributed by atoms with Crippen molar-refractivity contribution in [3.63, 3.8) is 0 Å². The molecule has 0 spiro atoms. The lowest BCUT2D eigenvalue weighted by molar-refractivity contribution is -0.136. The highest BCUT2D eigenvalue weighted by Gasteiger charge is 2.45. The third-order valence-electron chi connectivity index (χ3n) is 10.1. The number of carbonyl (C=O) groups is 5. The Morgan fingerprint density at radius 3 is 2.43 bits per heavy atom. The van der Waals surface area contributed by atoms with Gasteiger partial charge in [0.25, 0.3) is 11.8 Å². The molecule has 5 amide bonds. The lowest BCUT2D eigenvalue weighted by atomic mass is 10.0. The van der Waals surface area contributed by atoms with E-state index in [1.165, 1.54) is 0 Å². The van der Waals surface area contributed by atoms with Gasteiger partial charge in [-0.3, -0.25) is 34.2 Å². The Morgan fingerprint density at radius 2 is 1.72 bits per heavy atom. The third-order valence-corrected chi connectivity index (χ3v) is 10.1. The smallest absolute Gasteiger partial charge is 0.264 e. The summed E-state index contributed by atoms with van der Waals surface area (Å²) in [6.07, 6.45) is 3.45. The van der Waals surface area contributed by atoms with E-state index in [1.807, 2.05) is 11.5 Å². The van der Waals surface area contributed by atoms with Crippen molar-refractivity contribution in [2.75, 3.05) is 83.5 Å². The summed E-state index contributed by atoms with van der Waals surface area (Å²) in [4.78, 5) is 72.5. The van der Waals surface area contributed by atoms with Crippen LogP contribution in [0.1, 0.15) is 79.3 Å². The minimum Gasteiger partial charge on any atom is -0.490 e. The van der Waals surface area contributed by atoms with Crippen molar-refractivity contribution in [3.05, 3.63) is 41.2 Å². The number of fused-ring (bicyclic) bond motifs is 2. The van der Waals surface area contributed by atoms with Crippen molar-refractivity contribution in [1.82, 2.24) is 45.7 Å². The summed E-state index contributed by atoms with van der Waals surface area (Å²) in [7, 11) is 0. The van der Waals surface area contributed by atoms with Crippen LogP contribution >= 0.6 is 0 Å². The second-order valence-electron chi connectivity index (χ2n) is 15.5. The molecule has 0 bridgehead atoms. The molecule has 6 rings (SSSR count). The maximum absolute atomic E-state index is 13.2. The average molecular weight is 902 g/mol. The van der Waals surface area contributed by atoms with Gasteiger partial charge in [-0.1, -0.05) is 12.0 Å². The number of nitrogens with one attached hydrogen (secondary N) is 4. The number of nitrogens with zero attached hydrogens (tertiary/aromatic N) is 6. The Labute approximate surface area is 374 Å². The van der Waals surface area contributed by atoms with Crippen molar-refractivity contribution >= 4 is 52.1 Å². The van der Waals surface area contributed by atoms with E-state index in [9.17, 15) is 29.1 Å². The van der Waals surface area contributed by atoms with Gasteiger partial charge in [0.15, 0.2) is 23.1 Å². The Balaban J connectivity index is 0.774. The van der Waals surface area contributed by atoms with Crippen molar-refractivity contribution in [3.8, 4) is 29.1 Å². The first-order valence-corrected chi connectivity index (χ1v) is 21.5. The fourth-order valence-electron chi connectivity index (χ4n) is 7.05. The Kier molecular flexibility index (Phi) is 16.9. The van der Waals surface area contributed by atoms with Crippen LogP contribution in [0, 0.1) is 11.8 Å². The molecule has 2 aliphatic rings. The molecule has 0 radical (unpaired) electrons. The van der Waals surface area contributed by atoms with Crippen LogP contribution in [0.5, 0.6) is 5.75 Å². The van der Waals surface area contributed by atoms with Gasteiger partial charge >= 0.3 is 0 Å². The summed E-state index contributed by atoms with van der Waals surface area (Å²) in [5, 5.41) is 29.3. The molecule has 7 N–H and O–H groups in total. The summed E-state index contributed by atoms with van der Waals surface area (Å²) >= 11 is 0. The molecule has 348 valence electrons. The molecule has 5 heterocycles. The number of amides is 5. The molecule has 1 unspecified atom stereocenters. The van der Waals surface area contributed by atoms with E-state index >= 15 is 0 Å². The number of piperidine rings is 1. The van der Waals surface area contributed by atoms with Crippen molar-refractivity contribution in [2.24, 2.45) is 0 Å². The number of benzene rings is 1. The molecular formula is C43H55N11O11. The highest BCUT2D eigenvalue weighted by molar-refractivity contribution is 6.25. The summed E-state index contributed by atoms with van der Waals surface area (Å²) in [6.45, 7) is 10.1. The minimum atomic E-state index is -1.23. The van der Waals surface area contributed by atoms with Crippen LogP contribution in [0.25, 0.3) is 22.6 Å². The van der Waals surface area contributed by atoms with E-state index < -0.39 is 35.3 Å². The zero-order chi connectivity index (χ0) is 46.3. The van der Waals surface area contributed by atoms with E-state index in [0.717, 1.165) is 4.90 Å². The van der Waals surface area contributed by atoms with Crippen LogP contribution < -0.4 is 31.7 Å². The van der Waals surface area contributed by atoms with Gasteiger partial charge in [0.1, 0.15) is 28.4 Å². The number of carbonyl (C=O) groups excluding carboxylic acids is 5. The SMILES string of the molecule is CCn1c(-c2nonc2N)nc2c(C#CC(C)(C)O)ncc(OCCCNCCCC(=O)NCCOCCOCCOCCNc3cccc4c3C(=O)N(C3CCC(=O)NC3=O)C4=O)c21. The second kappa shape index (κ2) is 22.9. The molecule has 0 aliphatic carbocycles. The first-order chi connectivity index (χ1) is 31.4. The summed E-state index contributed by atoms with van der Waals surface area (Å²) < 4.78 is 29.5. The molecule has 1 aromatic carbocycles. The van der Waals surface area contributed by atoms with E-state index in [-0.39, 0.29) is 41.4 Å². The van der Waals surface area contributed by atoms with E-state index in [4.69, 9.17) is 34.3 Å². The van der Waals surface area contributed by atoms with Crippen LogP contribution in [0.15, 0.2) is 29.0 Å². The lowest BCUT2D eigenvalue weighted by Crippen LogP contribution is -2.54. The van der Waals surface area contributed by atoms with Crippen LogP contribution in [0.3, 0.4) is 0 Å². The fourth-order valence-corrected chi connectivity index (χ4v) is 7.05. The number of pyridine rings is 1. The Bertz CT molecular complexity index is 2400. The number of aromatic nitrogens is 5. The number of anilines is 2. The molecular weight excluding hydrogens is 847 g/mol. The topological polar surface area (TPSA) is 290 Å². The number of rotatable bonds is 25. The summed E-state index contributed by atoms with van der Waals surface area (Å²) in [5.41, 5.74) is 7.38. The number of hydrogen-bond donors (Lipinski definition) is 6. The predicted octanol–water partition coefficient (Wildman–Crippen LogP) is 1.02. The van der Waals surface area contributed by atoms with Gasteiger partial charge in [-0.25, -0.2) is 14.6 Å². The molecule has 1 saturated heterocycles. The number of aryl methyl sites for hydroxylation is 1. The number of nitrogen functional groups attached to an aromatic ring is 1. The van der Waals surface area contributed by atoms with E-state index in [2.05, 4.69) is 48.4 Å². The largest absolute Gasteiger partial charge is 0.490 e. The van der Waals surface area contributed by atoms with Crippen LogP contribution in [0.4, 0.5) is 11.5 Å². The van der Waals surface area contributed by atoms with Gasteiger partial charge in [-0.05, 0) is 81.5 Å². The van der Waals surface area contributed by atoms with Crippen molar-refractivity contribution < 1.29 is 52.7 Å². The lowest BCUT2D eigenvalue weighted by Gasteiger charge is -2.27. The average Bonchev–Trinajstić information content (AvgIpc) is 3.95. The number of imidazole rings is 1. The molecule has 65 heavy (non-hydrogen) atoms. The first kappa shape index (κ1) is 48.0. The highest BCUT2D eigenvalue weighted by Crippen LogP contribution is 2.34. The predicted molar refractivity (Wildman–Crippen MR) is 233 cm³/mol. The fraction of sp³-hybridized carbons (Fsp3) is 0.512. The first-order valence-electron chi connectivity index (χ1n) is 21.5. The van der Waals surface area contributed by atoms with Gasteiger partial charge < -0.3 is 50.3 Å². The van der Waals surface area contributed by atoms with E-state index in [0.29, 0.717) is 132 Å². The number of imide groups is 2. The summed E-state index contributed by atoms with van der Waals surface area (Å²) in [5.74, 6) is 4.44. The van der Waals surface area contributed by atoms with Gasteiger partial charge in [-0.15, -0.1) is 0 Å². The highest BCUT2D eigenvalue weighted by atomic mass is 16.6. The monoisotopic (exact) mass is 901 g/mol. The number of aliphatic hydroxyl groups is 1. The molecule has 0 saturated carbocycles. The normalized spacial score (nSPS) is 15.0. The molecule has 1 fully saturated rings. The quantitative estimate of drug-likeness (QED) is 0.0308. The van der Waals surface area contributed by atoms with Crippen LogP contribution in [0.2, 0.25) is 0 Å². The van der Waals surface area contributed by atoms with Crippen LogP contribution in [-0.2, 0) is 35.1 Å². The maximum Gasteiger partial charge on any atom is 0.264 e. The third kappa shape index (κ3) is 12.6. The zero-order valence-corrected chi connectivity index (χ0v) is 36.7. The molecule has 22 heteroatoms. The molecule has 3 aromatic heterocycles. The number of nitrogens with two attached hydrogens (primary N) is 1. The summed E-state index contributed by atoms with van der Waals surface area (Å²) in [6, 6.07) is 3.85. The Morgan fingerprint density at radius 1 is 0.985 bits per heavy atom. The molecule has 1 atom stereocenters. The zero-order valence-electron chi connectivity index (χ0n) is 36.7. The molecule has 4 aromatic rings. The van der Waals surface area contributed by atoms with Gasteiger partial charge in [0.2, 0.25) is 17.7 Å². The van der Waals surface area contributed by atoms with Gasteiger partial charge in [0.05, 0.1) is 63.6 Å². The molecule has 22 nitrogen and oxygen atoms in total. The number of hydrogen-bond acceptors (Lipinski definition) is 18. The van der Waals surface area contributed by atoms with Gasteiger partial charge in [0, 0.05) is 38.2 Å². The van der Waals surface area contributed by atoms with Crippen molar-refractivity contribution in [1.29, 1.82) is 0 Å². The minimum absolute atomic E-state index is 0.0513. The van der Waals surface area contributed by atoms with E-state index in [1.54, 1.807) is 38.2 Å². The van der Waals surface area contributed by atoms with Crippen LogP contribution in [-0.4, -0.2) is 148 Å². The van der Waals surface area contributed by atoms with Gasteiger partial charge in [-0.2, -0.15) is 0 Å². The molecule has 2 aliphatic heterocycles. The maximum atomic E-state index is 13.2.